The summed E-state index contributed by atoms with van der Waals surface area (Å²) in [4.78, 5) is 14.8. The number of hydrogen-bond acceptors (Lipinski definition) is 5. The lowest BCUT2D eigenvalue weighted by atomic mass is 9.99. The SMILES string of the molecule is Cc1ccc2c(c1)S(=O)(=O)c1cc(C(=O)O)ccc1C2=NC#N. The van der Waals surface area contributed by atoms with Crippen LogP contribution in [0.1, 0.15) is 27.0 Å². The van der Waals surface area contributed by atoms with Crippen LogP contribution in [-0.2, 0) is 9.84 Å². The zero-order chi connectivity index (χ0) is 16.8. The average molecular weight is 326 g/mol. The fraction of sp³-hybridized carbons (Fsp3) is 0.0625. The highest BCUT2D eigenvalue weighted by atomic mass is 32.2. The van der Waals surface area contributed by atoms with Crippen LogP contribution in [0.4, 0.5) is 0 Å². The normalized spacial score (nSPS) is 16.3. The maximum absolute atomic E-state index is 12.8. The minimum Gasteiger partial charge on any atom is -0.478 e. The molecule has 0 fully saturated rings. The lowest BCUT2D eigenvalue weighted by molar-refractivity contribution is 0.0696. The number of hydrogen-bond donors (Lipinski definition) is 1. The molecule has 0 unspecified atom stereocenters. The maximum atomic E-state index is 12.8. The van der Waals surface area contributed by atoms with Gasteiger partial charge in [0.1, 0.15) is 0 Å². The van der Waals surface area contributed by atoms with E-state index in [1.165, 1.54) is 18.2 Å². The molecule has 3 rings (SSSR count). The molecule has 0 saturated heterocycles. The Balaban J connectivity index is 2.44. The summed E-state index contributed by atoms with van der Waals surface area (Å²) in [6.07, 6.45) is 1.68. The quantitative estimate of drug-likeness (QED) is 0.689. The van der Waals surface area contributed by atoms with Gasteiger partial charge in [-0.15, -0.1) is 0 Å². The van der Waals surface area contributed by atoms with Crippen molar-refractivity contribution >= 4 is 21.5 Å². The largest absolute Gasteiger partial charge is 0.478 e. The lowest BCUT2D eigenvalue weighted by Gasteiger charge is -2.21. The van der Waals surface area contributed by atoms with Crippen molar-refractivity contribution < 1.29 is 18.3 Å². The predicted molar refractivity (Wildman–Crippen MR) is 81.3 cm³/mol. The van der Waals surface area contributed by atoms with E-state index in [2.05, 4.69) is 4.99 Å². The summed E-state index contributed by atoms with van der Waals surface area (Å²) in [5, 5.41) is 18.0. The van der Waals surface area contributed by atoms with Gasteiger partial charge in [-0.3, -0.25) is 0 Å². The Bertz CT molecular complexity index is 1030. The summed E-state index contributed by atoms with van der Waals surface area (Å²) in [7, 11) is -3.88. The lowest BCUT2D eigenvalue weighted by Crippen LogP contribution is -2.21. The summed E-state index contributed by atoms with van der Waals surface area (Å²) in [5.74, 6) is -1.23. The molecule has 2 aromatic rings. The van der Waals surface area contributed by atoms with Crippen molar-refractivity contribution in [2.24, 2.45) is 4.99 Å². The third-order valence-corrected chi connectivity index (χ3v) is 5.45. The molecule has 0 aromatic heterocycles. The molecule has 114 valence electrons. The topological polar surface area (TPSA) is 108 Å². The van der Waals surface area contributed by atoms with E-state index in [9.17, 15) is 13.2 Å². The number of carboxylic acids is 1. The molecule has 7 heteroatoms. The number of sulfone groups is 1. The second kappa shape index (κ2) is 5.04. The smallest absolute Gasteiger partial charge is 0.335 e. The number of nitrogens with zero attached hydrogens (tertiary/aromatic N) is 2. The van der Waals surface area contributed by atoms with E-state index in [0.29, 0.717) is 5.56 Å². The van der Waals surface area contributed by atoms with Crippen LogP contribution in [-0.4, -0.2) is 25.2 Å². The number of rotatable bonds is 1. The Morgan fingerprint density at radius 2 is 1.74 bits per heavy atom. The van der Waals surface area contributed by atoms with E-state index in [1.54, 1.807) is 25.2 Å². The first-order valence-electron chi connectivity index (χ1n) is 6.57. The molecule has 23 heavy (non-hydrogen) atoms. The Morgan fingerprint density at radius 1 is 1.13 bits per heavy atom. The number of nitriles is 1. The van der Waals surface area contributed by atoms with Crippen LogP contribution in [0.2, 0.25) is 0 Å². The van der Waals surface area contributed by atoms with E-state index in [4.69, 9.17) is 10.4 Å². The molecule has 1 heterocycles. The first-order valence-corrected chi connectivity index (χ1v) is 8.05. The average Bonchev–Trinajstić information content (AvgIpc) is 2.51. The van der Waals surface area contributed by atoms with Crippen LogP contribution < -0.4 is 0 Å². The standard InChI is InChI=1S/C16H10N2O4S/c1-9-2-4-11-13(6-9)23(21,22)14-7-10(16(19)20)3-5-12(14)15(11)18-8-17/h2-7H,1H3,(H,19,20). The molecule has 1 aliphatic rings. The number of aryl methyl sites for hydroxylation is 1. The molecule has 6 nitrogen and oxygen atoms in total. The molecule has 1 aliphatic heterocycles. The van der Waals surface area contributed by atoms with Crippen molar-refractivity contribution in [3.05, 3.63) is 58.7 Å². The van der Waals surface area contributed by atoms with Crippen LogP contribution in [0.3, 0.4) is 0 Å². The maximum Gasteiger partial charge on any atom is 0.335 e. The minimum absolute atomic E-state index is 0.0292. The van der Waals surface area contributed by atoms with Crippen LogP contribution >= 0.6 is 0 Å². The number of aromatic carboxylic acids is 1. The Hall–Kier alpha value is -2.98. The molecule has 0 spiro atoms. The van der Waals surface area contributed by atoms with Gasteiger partial charge in [0.05, 0.1) is 21.1 Å². The fourth-order valence-electron chi connectivity index (χ4n) is 2.55. The van der Waals surface area contributed by atoms with Gasteiger partial charge in [0.2, 0.25) is 16.0 Å². The van der Waals surface area contributed by atoms with Crippen LogP contribution in [0, 0.1) is 18.4 Å². The third kappa shape index (κ3) is 2.20. The van der Waals surface area contributed by atoms with Gasteiger partial charge in [0.15, 0.2) is 0 Å². The zero-order valence-corrected chi connectivity index (χ0v) is 12.8. The molecule has 0 aliphatic carbocycles. The van der Waals surface area contributed by atoms with Crippen LogP contribution in [0.5, 0.6) is 0 Å². The van der Waals surface area contributed by atoms with Gasteiger partial charge < -0.3 is 5.11 Å². The van der Waals surface area contributed by atoms with Gasteiger partial charge in [0, 0.05) is 11.1 Å². The van der Waals surface area contributed by atoms with Crippen molar-refractivity contribution in [3.63, 3.8) is 0 Å². The molecule has 0 bridgehead atoms. The van der Waals surface area contributed by atoms with Crippen molar-refractivity contribution in [3.8, 4) is 6.19 Å². The van der Waals surface area contributed by atoms with E-state index < -0.39 is 15.8 Å². The van der Waals surface area contributed by atoms with Crippen molar-refractivity contribution in [2.45, 2.75) is 16.7 Å². The van der Waals surface area contributed by atoms with Gasteiger partial charge in [-0.2, -0.15) is 10.3 Å². The molecular formula is C16H10N2O4S. The molecule has 0 saturated carbocycles. The zero-order valence-electron chi connectivity index (χ0n) is 11.9. The summed E-state index contributed by atoms with van der Waals surface area (Å²) in [6, 6.07) is 8.60. The highest BCUT2D eigenvalue weighted by Gasteiger charge is 2.34. The van der Waals surface area contributed by atoms with Crippen LogP contribution in [0.15, 0.2) is 51.2 Å². The van der Waals surface area contributed by atoms with Gasteiger partial charge in [-0.25, -0.2) is 13.2 Å². The number of benzene rings is 2. The first kappa shape index (κ1) is 14.9. The number of carboxylic acid groups (broad SMARTS) is 1. The monoisotopic (exact) mass is 326 g/mol. The van der Waals surface area contributed by atoms with E-state index >= 15 is 0 Å². The Morgan fingerprint density at radius 3 is 2.35 bits per heavy atom. The van der Waals surface area contributed by atoms with Crippen LogP contribution in [0.25, 0.3) is 0 Å². The van der Waals surface area contributed by atoms with E-state index in [-0.39, 0.29) is 26.6 Å². The fourth-order valence-corrected chi connectivity index (χ4v) is 4.32. The van der Waals surface area contributed by atoms with Gasteiger partial charge in [0.25, 0.3) is 0 Å². The summed E-state index contributed by atoms with van der Waals surface area (Å²) >= 11 is 0. The summed E-state index contributed by atoms with van der Waals surface area (Å²) in [6.45, 7) is 1.75. The molecule has 0 radical (unpaired) electrons. The second-order valence-electron chi connectivity index (χ2n) is 5.08. The van der Waals surface area contributed by atoms with Crippen molar-refractivity contribution in [2.75, 3.05) is 0 Å². The molecule has 2 aromatic carbocycles. The molecule has 0 amide bonds. The summed E-state index contributed by atoms with van der Waals surface area (Å²) in [5.41, 5.74) is 1.39. The third-order valence-electron chi connectivity index (χ3n) is 3.62. The number of fused-ring (bicyclic) bond motifs is 2. The van der Waals surface area contributed by atoms with Crippen molar-refractivity contribution in [1.82, 2.24) is 0 Å². The highest BCUT2D eigenvalue weighted by molar-refractivity contribution is 7.91. The second-order valence-corrected chi connectivity index (χ2v) is 6.97. The summed E-state index contributed by atoms with van der Waals surface area (Å²) < 4.78 is 25.7. The highest BCUT2D eigenvalue weighted by Crippen LogP contribution is 2.35. The minimum atomic E-state index is -3.88. The number of aliphatic imine (C=N–C) groups is 1. The molecule has 1 N–H and O–H groups in total. The van der Waals surface area contributed by atoms with Crippen molar-refractivity contribution in [1.29, 1.82) is 5.26 Å². The molecule has 0 atom stereocenters. The Labute approximate surface area is 132 Å². The van der Waals surface area contributed by atoms with E-state index in [0.717, 1.165) is 11.6 Å². The predicted octanol–water partition coefficient (Wildman–Crippen LogP) is 2.16. The molecular weight excluding hydrogens is 316 g/mol. The first-order chi connectivity index (χ1) is 10.9. The van der Waals surface area contributed by atoms with E-state index in [1.807, 2.05) is 0 Å². The van der Waals surface area contributed by atoms with Gasteiger partial charge >= 0.3 is 5.97 Å². The van der Waals surface area contributed by atoms with Gasteiger partial charge in [-0.05, 0) is 30.7 Å². The number of carbonyl (C=O) groups is 1. The Kier molecular flexibility index (Phi) is 3.27. The van der Waals surface area contributed by atoms with Gasteiger partial charge in [-0.1, -0.05) is 18.2 Å².